The quantitative estimate of drug-likeness (QED) is 0.372. The molecule has 0 bridgehead atoms. The van der Waals surface area contributed by atoms with Crippen LogP contribution in [-0.2, 0) is 25.9 Å². The predicted octanol–water partition coefficient (Wildman–Crippen LogP) is 4.49. The second-order valence-corrected chi connectivity index (χ2v) is 15.0. The van der Waals surface area contributed by atoms with E-state index in [4.69, 9.17) is 14.0 Å². The molecule has 0 radical (unpaired) electrons. The van der Waals surface area contributed by atoms with Crippen LogP contribution in [0.1, 0.15) is 70.2 Å². The van der Waals surface area contributed by atoms with Crippen LogP contribution in [0.5, 0.6) is 5.75 Å². The first-order valence-electron chi connectivity index (χ1n) is 15.5. The molecule has 3 aliphatic rings. The Morgan fingerprint density at radius 1 is 1.15 bits per heavy atom. The molecule has 46 heavy (non-hydrogen) atoms. The fourth-order valence-corrected chi connectivity index (χ4v) is 7.62. The van der Waals surface area contributed by atoms with Crippen molar-refractivity contribution in [3.05, 3.63) is 53.7 Å². The smallest absolute Gasteiger partial charge is 0.408 e. The van der Waals surface area contributed by atoms with Gasteiger partial charge in [0.2, 0.25) is 11.7 Å². The highest BCUT2D eigenvalue weighted by molar-refractivity contribution is 7.91. The van der Waals surface area contributed by atoms with Crippen molar-refractivity contribution in [3.63, 3.8) is 0 Å². The molecule has 14 heteroatoms. The number of sulfone groups is 1. The standard InChI is InChI=1S/C32H38FN5O7S/c1-32(2,3)44-31(40)35-25-18-46(41,42)27-15-24(33)23(28-36-29(45-37-28)20-12-13-34-16-20)14-26(27)38(30(25)39)17-19-8-10-22(11-9-19)43-21-6-4-5-7-21/h8-11,14-15,20-21,25,34H,4-7,12-13,16-18H2,1-3H3,(H,35,40)/t20?,25-/m0/s1. The summed E-state index contributed by atoms with van der Waals surface area (Å²) in [5, 5.41) is 9.61. The molecule has 2 atom stereocenters. The van der Waals surface area contributed by atoms with E-state index in [1.54, 1.807) is 45.0 Å². The van der Waals surface area contributed by atoms with Crippen molar-refractivity contribution in [2.75, 3.05) is 23.7 Å². The van der Waals surface area contributed by atoms with E-state index in [-0.39, 0.29) is 40.5 Å². The van der Waals surface area contributed by atoms with E-state index >= 15 is 4.39 Å². The fraction of sp³-hybridized carbons (Fsp3) is 0.500. The molecule has 3 aromatic rings. The first-order chi connectivity index (χ1) is 21.9. The molecule has 0 spiro atoms. The molecule has 6 rings (SSSR count). The Balaban J connectivity index is 1.37. The second-order valence-electron chi connectivity index (χ2n) is 13.0. The van der Waals surface area contributed by atoms with Gasteiger partial charge in [0.1, 0.15) is 23.2 Å². The highest BCUT2D eigenvalue weighted by Crippen LogP contribution is 2.37. The highest BCUT2D eigenvalue weighted by atomic mass is 32.2. The number of benzene rings is 2. The van der Waals surface area contributed by atoms with E-state index in [9.17, 15) is 18.0 Å². The largest absolute Gasteiger partial charge is 0.490 e. The third-order valence-corrected chi connectivity index (χ3v) is 10.0. The maximum Gasteiger partial charge on any atom is 0.408 e. The minimum Gasteiger partial charge on any atom is -0.490 e. The first-order valence-corrected chi connectivity index (χ1v) is 17.2. The van der Waals surface area contributed by atoms with Crippen LogP contribution < -0.4 is 20.3 Å². The number of hydrogen-bond donors (Lipinski definition) is 2. The molecule has 1 aromatic heterocycles. The van der Waals surface area contributed by atoms with Crippen LogP contribution in [0.3, 0.4) is 0 Å². The fourth-order valence-electron chi connectivity index (χ4n) is 6.01. The van der Waals surface area contributed by atoms with Gasteiger partial charge in [-0.2, -0.15) is 4.98 Å². The third-order valence-electron chi connectivity index (χ3n) is 8.28. The molecule has 2 amide bonds. The molecule has 1 saturated carbocycles. The van der Waals surface area contributed by atoms with Gasteiger partial charge in [0, 0.05) is 6.54 Å². The molecule has 1 unspecified atom stereocenters. The van der Waals surface area contributed by atoms with E-state index in [0.29, 0.717) is 23.7 Å². The molecule has 2 fully saturated rings. The second kappa shape index (κ2) is 12.6. The zero-order valence-corrected chi connectivity index (χ0v) is 26.9. The summed E-state index contributed by atoms with van der Waals surface area (Å²) in [6.45, 7) is 6.31. The van der Waals surface area contributed by atoms with E-state index in [0.717, 1.165) is 44.7 Å². The highest BCUT2D eigenvalue weighted by Gasteiger charge is 2.40. The Morgan fingerprint density at radius 3 is 2.57 bits per heavy atom. The average Bonchev–Trinajstić information content (AvgIpc) is 3.78. The number of alkyl carbamates (subject to hydrolysis) is 1. The topological polar surface area (TPSA) is 153 Å². The van der Waals surface area contributed by atoms with Crippen LogP contribution in [0, 0.1) is 5.82 Å². The first kappa shape index (κ1) is 31.9. The molecule has 1 saturated heterocycles. The Labute approximate surface area is 266 Å². The zero-order valence-electron chi connectivity index (χ0n) is 26.0. The normalized spacial score (nSPS) is 21.6. The van der Waals surface area contributed by atoms with Crippen LogP contribution in [0.15, 0.2) is 45.8 Å². The van der Waals surface area contributed by atoms with Crippen LogP contribution in [0.2, 0.25) is 0 Å². The SMILES string of the molecule is CC(C)(C)OC(=O)N[C@H]1CS(=O)(=O)c2cc(F)c(-c3noc(C4CCNC4)n3)cc2N(Cc2ccc(OC3CCCC3)cc2)C1=O. The zero-order chi connectivity index (χ0) is 32.6. The Morgan fingerprint density at radius 2 is 1.89 bits per heavy atom. The molecule has 246 valence electrons. The van der Waals surface area contributed by atoms with Crippen molar-refractivity contribution >= 4 is 27.5 Å². The molecule has 2 N–H and O–H groups in total. The van der Waals surface area contributed by atoms with Crippen LogP contribution in [0.4, 0.5) is 14.9 Å². The van der Waals surface area contributed by atoms with Crippen molar-refractivity contribution in [3.8, 4) is 17.1 Å². The molecule has 1 aliphatic carbocycles. The molecular weight excluding hydrogens is 617 g/mol. The van der Waals surface area contributed by atoms with Crippen LogP contribution in [0.25, 0.3) is 11.4 Å². The lowest BCUT2D eigenvalue weighted by atomic mass is 10.1. The number of fused-ring (bicyclic) bond motifs is 1. The molecule has 12 nitrogen and oxygen atoms in total. The summed E-state index contributed by atoms with van der Waals surface area (Å²) in [5.74, 6) is -1.43. The lowest BCUT2D eigenvalue weighted by molar-refractivity contribution is -0.120. The van der Waals surface area contributed by atoms with Crippen LogP contribution >= 0.6 is 0 Å². The number of hydrogen-bond acceptors (Lipinski definition) is 10. The molecule has 3 heterocycles. The van der Waals surface area contributed by atoms with Crippen molar-refractivity contribution in [1.82, 2.24) is 20.8 Å². The van der Waals surface area contributed by atoms with Crippen molar-refractivity contribution in [2.24, 2.45) is 0 Å². The number of ether oxygens (including phenoxy) is 2. The summed E-state index contributed by atoms with van der Waals surface area (Å²) < 4.78 is 59.9. The number of carbonyl (C=O) groups is 2. The lowest BCUT2D eigenvalue weighted by Crippen LogP contribution is -2.51. The van der Waals surface area contributed by atoms with Gasteiger partial charge in [-0.1, -0.05) is 17.3 Å². The van der Waals surface area contributed by atoms with Gasteiger partial charge in [0.05, 0.1) is 40.5 Å². The number of halogens is 1. The van der Waals surface area contributed by atoms with E-state index in [2.05, 4.69) is 20.8 Å². The Kier molecular flexibility index (Phi) is 8.77. The third kappa shape index (κ3) is 7.02. The van der Waals surface area contributed by atoms with Gasteiger partial charge < -0.3 is 29.5 Å². The van der Waals surface area contributed by atoms with E-state index in [1.165, 1.54) is 11.0 Å². The summed E-state index contributed by atoms with van der Waals surface area (Å²) in [6, 6.07) is 7.82. The monoisotopic (exact) mass is 655 g/mol. The predicted molar refractivity (Wildman–Crippen MR) is 166 cm³/mol. The van der Waals surface area contributed by atoms with Gasteiger partial charge in [-0.15, -0.1) is 0 Å². The van der Waals surface area contributed by atoms with Crippen molar-refractivity contribution in [1.29, 1.82) is 0 Å². The number of aromatic nitrogens is 2. The summed E-state index contributed by atoms with van der Waals surface area (Å²) in [5.41, 5.74) is -0.408. The Hall–Kier alpha value is -4.04. The number of rotatable bonds is 7. The molecular formula is C32H38FN5O7S. The summed E-state index contributed by atoms with van der Waals surface area (Å²) in [7, 11) is -4.29. The summed E-state index contributed by atoms with van der Waals surface area (Å²) in [4.78, 5) is 32.1. The molecule has 2 aromatic carbocycles. The molecule has 2 aliphatic heterocycles. The number of amides is 2. The van der Waals surface area contributed by atoms with Gasteiger partial charge >= 0.3 is 6.09 Å². The Bertz CT molecular complexity index is 1710. The van der Waals surface area contributed by atoms with Crippen molar-refractivity contribution < 1.29 is 36.4 Å². The van der Waals surface area contributed by atoms with Crippen molar-refractivity contribution in [2.45, 2.75) is 88.0 Å². The maximum atomic E-state index is 15.7. The van der Waals surface area contributed by atoms with Gasteiger partial charge in [-0.25, -0.2) is 17.6 Å². The maximum absolute atomic E-state index is 15.7. The summed E-state index contributed by atoms with van der Waals surface area (Å²) in [6.07, 6.45) is 4.26. The van der Waals surface area contributed by atoms with E-state index in [1.807, 2.05) is 0 Å². The minimum atomic E-state index is -4.29. The number of nitrogens with one attached hydrogen (secondary N) is 2. The average molecular weight is 656 g/mol. The summed E-state index contributed by atoms with van der Waals surface area (Å²) >= 11 is 0. The van der Waals surface area contributed by atoms with Gasteiger partial charge in [-0.3, -0.25) is 4.79 Å². The minimum absolute atomic E-state index is 0.0242. The van der Waals surface area contributed by atoms with Gasteiger partial charge in [0.15, 0.2) is 9.84 Å². The number of anilines is 1. The number of nitrogens with zero attached hydrogens (tertiary/aromatic N) is 3. The lowest BCUT2D eigenvalue weighted by Gasteiger charge is -2.27. The van der Waals surface area contributed by atoms with Gasteiger partial charge in [-0.05, 0) is 89.2 Å². The van der Waals surface area contributed by atoms with Crippen LogP contribution in [-0.4, -0.2) is 67.1 Å². The van der Waals surface area contributed by atoms with E-state index < -0.39 is 45.1 Å². The van der Waals surface area contributed by atoms with Gasteiger partial charge in [0.25, 0.3) is 5.91 Å². The number of carbonyl (C=O) groups excluding carboxylic acids is 2.